The first-order valence-corrected chi connectivity index (χ1v) is 11.2. The fourth-order valence-corrected chi connectivity index (χ4v) is 4.28. The second-order valence-electron chi connectivity index (χ2n) is 7.77. The molecule has 4 rings (SSSR count). The molecule has 164 valence electrons. The predicted octanol–water partition coefficient (Wildman–Crippen LogP) is 4.32. The van der Waals surface area contributed by atoms with Crippen LogP contribution >= 0.6 is 23.2 Å². The Balaban J connectivity index is 1.36. The summed E-state index contributed by atoms with van der Waals surface area (Å²) in [5.41, 5.74) is 1.42. The van der Waals surface area contributed by atoms with Gasteiger partial charge in [0.2, 0.25) is 5.91 Å². The molecular formula is C23H24Cl2N2O4. The van der Waals surface area contributed by atoms with Gasteiger partial charge >= 0.3 is 0 Å². The maximum absolute atomic E-state index is 12.8. The second-order valence-corrected chi connectivity index (χ2v) is 8.61. The summed E-state index contributed by atoms with van der Waals surface area (Å²) in [6.45, 7) is 2.50. The molecule has 0 spiro atoms. The van der Waals surface area contributed by atoms with Gasteiger partial charge in [0.05, 0.1) is 24.2 Å². The Labute approximate surface area is 191 Å². The van der Waals surface area contributed by atoms with Gasteiger partial charge in [-0.3, -0.25) is 9.59 Å². The molecule has 1 N–H and O–H groups in total. The van der Waals surface area contributed by atoms with Crippen molar-refractivity contribution in [2.45, 2.75) is 25.8 Å². The zero-order chi connectivity index (χ0) is 21.8. The van der Waals surface area contributed by atoms with Crippen LogP contribution in [-0.2, 0) is 11.3 Å². The van der Waals surface area contributed by atoms with Crippen molar-refractivity contribution in [1.29, 1.82) is 0 Å². The summed E-state index contributed by atoms with van der Waals surface area (Å²) in [7, 11) is 0. The topological polar surface area (TPSA) is 67.9 Å². The molecule has 2 aliphatic heterocycles. The highest BCUT2D eigenvalue weighted by Gasteiger charge is 2.29. The third-order valence-corrected chi connectivity index (χ3v) is 6.03. The first-order chi connectivity index (χ1) is 15.0. The van der Waals surface area contributed by atoms with Gasteiger partial charge in [-0.15, -0.1) is 0 Å². The molecule has 1 fully saturated rings. The molecule has 1 saturated heterocycles. The number of rotatable bonds is 4. The Kier molecular flexibility index (Phi) is 6.88. The molecule has 6 nitrogen and oxygen atoms in total. The van der Waals surface area contributed by atoms with Gasteiger partial charge in [-0.1, -0.05) is 23.2 Å². The van der Waals surface area contributed by atoms with Gasteiger partial charge in [0, 0.05) is 36.6 Å². The van der Waals surface area contributed by atoms with Gasteiger partial charge < -0.3 is 19.7 Å². The van der Waals surface area contributed by atoms with Crippen molar-refractivity contribution in [2.24, 2.45) is 5.92 Å². The van der Waals surface area contributed by atoms with E-state index in [0.29, 0.717) is 60.0 Å². The number of halogens is 2. The highest BCUT2D eigenvalue weighted by atomic mass is 35.5. The molecule has 0 saturated carbocycles. The van der Waals surface area contributed by atoms with Crippen molar-refractivity contribution in [3.05, 3.63) is 57.6 Å². The number of likely N-dealkylation sites (tertiary alicyclic amines) is 1. The lowest BCUT2D eigenvalue weighted by Crippen LogP contribution is -2.45. The van der Waals surface area contributed by atoms with E-state index in [1.165, 1.54) is 0 Å². The maximum Gasteiger partial charge on any atom is 0.253 e. The minimum Gasteiger partial charge on any atom is -0.489 e. The van der Waals surface area contributed by atoms with Crippen LogP contribution in [-0.4, -0.2) is 43.0 Å². The lowest BCUT2D eigenvalue weighted by molar-refractivity contribution is -0.126. The summed E-state index contributed by atoms with van der Waals surface area (Å²) >= 11 is 12.2. The summed E-state index contributed by atoms with van der Waals surface area (Å²) in [6.07, 6.45) is 2.33. The van der Waals surface area contributed by atoms with Crippen LogP contribution in [0.3, 0.4) is 0 Å². The van der Waals surface area contributed by atoms with E-state index in [0.717, 1.165) is 24.8 Å². The van der Waals surface area contributed by atoms with E-state index in [1.54, 1.807) is 35.2 Å². The highest BCUT2D eigenvalue weighted by Crippen LogP contribution is 2.38. The van der Waals surface area contributed by atoms with Crippen LogP contribution in [0.15, 0.2) is 36.4 Å². The van der Waals surface area contributed by atoms with Crippen molar-refractivity contribution in [1.82, 2.24) is 10.2 Å². The summed E-state index contributed by atoms with van der Waals surface area (Å²) in [4.78, 5) is 27.3. The maximum atomic E-state index is 12.8. The molecule has 2 heterocycles. The number of nitrogens with zero attached hydrogens (tertiary/aromatic N) is 1. The number of benzene rings is 2. The van der Waals surface area contributed by atoms with Gasteiger partial charge in [-0.2, -0.15) is 0 Å². The quantitative estimate of drug-likeness (QED) is 0.734. The molecule has 0 aliphatic carbocycles. The van der Waals surface area contributed by atoms with E-state index in [-0.39, 0.29) is 17.7 Å². The third kappa shape index (κ3) is 5.25. The molecule has 31 heavy (non-hydrogen) atoms. The molecule has 2 aromatic rings. The van der Waals surface area contributed by atoms with Crippen LogP contribution in [0.1, 0.15) is 35.2 Å². The molecule has 1 atom stereocenters. The lowest BCUT2D eigenvalue weighted by atomic mass is 9.96. The van der Waals surface area contributed by atoms with E-state index in [1.807, 2.05) is 6.07 Å². The Morgan fingerprint density at radius 2 is 1.84 bits per heavy atom. The normalized spacial score (nSPS) is 18.3. The van der Waals surface area contributed by atoms with Gasteiger partial charge in [0.1, 0.15) is 0 Å². The van der Waals surface area contributed by atoms with Crippen molar-refractivity contribution in [2.75, 3.05) is 26.3 Å². The van der Waals surface area contributed by atoms with Crippen LogP contribution in [0.2, 0.25) is 10.0 Å². The minimum absolute atomic E-state index is 0.0724. The first kappa shape index (κ1) is 21.8. The standard InChI is InChI=1S/C23H24Cl2N2O4/c24-18-6-4-16(5-7-18)23(29)27-8-1-3-17(14-27)22(28)26-13-15-11-19(25)21-20(12-15)30-9-2-10-31-21/h4-7,11-12,17H,1-3,8-10,13-14H2,(H,26,28)/t17-/m0/s1. The number of hydrogen-bond acceptors (Lipinski definition) is 4. The molecule has 8 heteroatoms. The van der Waals surface area contributed by atoms with Gasteiger partial charge in [-0.05, 0) is 54.8 Å². The summed E-state index contributed by atoms with van der Waals surface area (Å²) in [5, 5.41) is 4.03. The molecule has 2 amide bonds. The number of piperidine rings is 1. The monoisotopic (exact) mass is 462 g/mol. The van der Waals surface area contributed by atoms with E-state index in [9.17, 15) is 9.59 Å². The zero-order valence-corrected chi connectivity index (χ0v) is 18.5. The number of ether oxygens (including phenoxy) is 2. The second kappa shape index (κ2) is 9.79. The average Bonchev–Trinajstić information content (AvgIpc) is 3.03. The van der Waals surface area contributed by atoms with Crippen LogP contribution in [0.4, 0.5) is 0 Å². The molecule has 0 unspecified atom stereocenters. The van der Waals surface area contributed by atoms with Crippen molar-refractivity contribution in [3.8, 4) is 11.5 Å². The number of carbonyl (C=O) groups excluding carboxylic acids is 2. The average molecular weight is 463 g/mol. The van der Waals surface area contributed by atoms with Crippen LogP contribution in [0.5, 0.6) is 11.5 Å². The van der Waals surface area contributed by atoms with Crippen LogP contribution in [0.25, 0.3) is 0 Å². The van der Waals surface area contributed by atoms with Gasteiger partial charge in [0.15, 0.2) is 11.5 Å². The minimum atomic E-state index is -0.249. The number of hydrogen-bond donors (Lipinski definition) is 1. The highest BCUT2D eigenvalue weighted by molar-refractivity contribution is 6.32. The zero-order valence-electron chi connectivity index (χ0n) is 17.0. The van der Waals surface area contributed by atoms with Crippen LogP contribution < -0.4 is 14.8 Å². The predicted molar refractivity (Wildman–Crippen MR) is 119 cm³/mol. The van der Waals surface area contributed by atoms with Crippen molar-refractivity contribution in [3.63, 3.8) is 0 Å². The van der Waals surface area contributed by atoms with Crippen LogP contribution in [0, 0.1) is 5.92 Å². The van der Waals surface area contributed by atoms with Crippen molar-refractivity contribution >= 4 is 35.0 Å². The number of amides is 2. The van der Waals surface area contributed by atoms with E-state index < -0.39 is 0 Å². The molecule has 0 aromatic heterocycles. The summed E-state index contributed by atoms with van der Waals surface area (Å²) in [5.74, 6) is 0.756. The Morgan fingerprint density at radius 3 is 2.65 bits per heavy atom. The van der Waals surface area contributed by atoms with Crippen molar-refractivity contribution < 1.29 is 19.1 Å². The SMILES string of the molecule is O=C(NCc1cc(Cl)c2c(c1)OCCCO2)[C@H]1CCCN(C(=O)c2ccc(Cl)cc2)C1. The Morgan fingerprint density at radius 1 is 1.06 bits per heavy atom. The third-order valence-electron chi connectivity index (χ3n) is 5.50. The van der Waals surface area contributed by atoms with Gasteiger partial charge in [0.25, 0.3) is 5.91 Å². The number of nitrogens with one attached hydrogen (secondary N) is 1. The molecular weight excluding hydrogens is 439 g/mol. The number of fused-ring (bicyclic) bond motifs is 1. The fourth-order valence-electron chi connectivity index (χ4n) is 3.87. The molecule has 0 radical (unpaired) electrons. The molecule has 0 bridgehead atoms. The van der Waals surface area contributed by atoms with Gasteiger partial charge in [-0.25, -0.2) is 0 Å². The summed E-state index contributed by atoms with van der Waals surface area (Å²) < 4.78 is 11.4. The fraction of sp³-hybridized carbons (Fsp3) is 0.391. The Bertz CT molecular complexity index is 965. The van der Waals surface area contributed by atoms with E-state index in [2.05, 4.69) is 5.32 Å². The first-order valence-electron chi connectivity index (χ1n) is 10.4. The lowest BCUT2D eigenvalue weighted by Gasteiger charge is -2.32. The Hall–Kier alpha value is -2.44. The smallest absolute Gasteiger partial charge is 0.253 e. The summed E-state index contributed by atoms with van der Waals surface area (Å²) in [6, 6.07) is 10.5. The number of carbonyl (C=O) groups is 2. The molecule has 2 aliphatic rings. The molecule has 2 aromatic carbocycles. The van der Waals surface area contributed by atoms with E-state index in [4.69, 9.17) is 32.7 Å². The largest absolute Gasteiger partial charge is 0.489 e. The van der Waals surface area contributed by atoms with E-state index >= 15 is 0 Å².